The Balaban J connectivity index is 2.62. The molecule has 1 heterocycles. The van der Waals surface area contributed by atoms with E-state index in [1.165, 1.54) is 22.7 Å². The van der Waals surface area contributed by atoms with Gasteiger partial charge < -0.3 is 5.73 Å². The van der Waals surface area contributed by atoms with Crippen molar-refractivity contribution in [1.82, 2.24) is 9.29 Å². The average molecular weight is 235 g/mol. The van der Waals surface area contributed by atoms with Gasteiger partial charge in [0.1, 0.15) is 0 Å². The zero-order valence-corrected chi connectivity index (χ0v) is 9.51. The van der Waals surface area contributed by atoms with Crippen molar-refractivity contribution in [3.63, 3.8) is 0 Å². The van der Waals surface area contributed by atoms with Crippen LogP contribution in [0.15, 0.2) is 10.9 Å². The Labute approximate surface area is 87.6 Å². The zero-order valence-electron chi connectivity index (χ0n) is 7.88. The highest BCUT2D eigenvalue weighted by Gasteiger charge is 2.17. The van der Waals surface area contributed by atoms with E-state index < -0.39 is 10.0 Å². The molecule has 0 aliphatic heterocycles. The summed E-state index contributed by atoms with van der Waals surface area (Å²) in [5, 5.41) is 1.83. The molecule has 0 amide bonds. The fourth-order valence-corrected chi connectivity index (χ4v) is 2.43. The van der Waals surface area contributed by atoms with Gasteiger partial charge in [0.15, 0.2) is 0 Å². The van der Waals surface area contributed by atoms with Crippen LogP contribution in [0.3, 0.4) is 0 Å². The third-order valence-corrected chi connectivity index (χ3v) is 4.18. The minimum atomic E-state index is -3.21. The molecule has 80 valence electrons. The molecule has 0 saturated heterocycles. The topological polar surface area (TPSA) is 76.3 Å². The highest BCUT2D eigenvalue weighted by molar-refractivity contribution is 7.89. The van der Waals surface area contributed by atoms with Crippen molar-refractivity contribution in [2.24, 2.45) is 5.73 Å². The standard InChI is InChI=1S/C7H13N3O2S2/c1-10(14(11,12)3-2-8)4-7-5-13-6-9-7/h5-6H,2-4,8H2,1H3. The quantitative estimate of drug-likeness (QED) is 0.771. The van der Waals surface area contributed by atoms with Crippen LogP contribution in [-0.2, 0) is 16.6 Å². The lowest BCUT2D eigenvalue weighted by Gasteiger charge is -2.14. The molecule has 0 spiro atoms. The normalized spacial score (nSPS) is 12.2. The molecular formula is C7H13N3O2S2. The number of rotatable bonds is 5. The molecular weight excluding hydrogens is 222 g/mol. The molecule has 0 radical (unpaired) electrons. The molecule has 0 aliphatic carbocycles. The van der Waals surface area contributed by atoms with E-state index in [2.05, 4.69) is 4.98 Å². The van der Waals surface area contributed by atoms with Gasteiger partial charge in [0.2, 0.25) is 10.0 Å². The molecule has 1 aromatic heterocycles. The van der Waals surface area contributed by atoms with Crippen LogP contribution in [0.5, 0.6) is 0 Å². The zero-order chi connectivity index (χ0) is 10.6. The van der Waals surface area contributed by atoms with Crippen molar-refractivity contribution < 1.29 is 8.42 Å². The molecule has 2 N–H and O–H groups in total. The van der Waals surface area contributed by atoms with Crippen LogP contribution in [0.25, 0.3) is 0 Å². The third kappa shape index (κ3) is 3.02. The van der Waals surface area contributed by atoms with Crippen LogP contribution in [-0.4, -0.2) is 37.1 Å². The van der Waals surface area contributed by atoms with Crippen molar-refractivity contribution in [3.8, 4) is 0 Å². The molecule has 0 atom stereocenters. The van der Waals surface area contributed by atoms with E-state index in [0.717, 1.165) is 5.69 Å². The molecule has 0 unspecified atom stereocenters. The average Bonchev–Trinajstić information content (AvgIpc) is 2.56. The van der Waals surface area contributed by atoms with Crippen LogP contribution >= 0.6 is 11.3 Å². The fourth-order valence-electron chi connectivity index (χ4n) is 0.947. The molecule has 7 heteroatoms. The van der Waals surface area contributed by atoms with Crippen LogP contribution in [0.1, 0.15) is 5.69 Å². The minimum absolute atomic E-state index is 0.0202. The van der Waals surface area contributed by atoms with E-state index in [0.29, 0.717) is 6.54 Å². The second-order valence-electron chi connectivity index (χ2n) is 2.84. The lowest BCUT2D eigenvalue weighted by Crippen LogP contribution is -2.31. The summed E-state index contributed by atoms with van der Waals surface area (Å²) in [4.78, 5) is 4.01. The van der Waals surface area contributed by atoms with Crippen LogP contribution in [0, 0.1) is 0 Å². The second kappa shape index (κ2) is 4.83. The van der Waals surface area contributed by atoms with E-state index in [9.17, 15) is 8.42 Å². The first-order valence-corrected chi connectivity index (χ1v) is 6.62. The van der Waals surface area contributed by atoms with Gasteiger partial charge in [-0.15, -0.1) is 11.3 Å². The minimum Gasteiger partial charge on any atom is -0.329 e. The van der Waals surface area contributed by atoms with Gasteiger partial charge in [-0.2, -0.15) is 4.31 Å². The van der Waals surface area contributed by atoms with E-state index in [-0.39, 0.29) is 12.3 Å². The highest BCUT2D eigenvalue weighted by atomic mass is 32.2. The fraction of sp³-hybridized carbons (Fsp3) is 0.571. The summed E-state index contributed by atoms with van der Waals surface area (Å²) >= 11 is 1.45. The molecule has 0 fully saturated rings. The van der Waals surface area contributed by atoms with Gasteiger partial charge >= 0.3 is 0 Å². The Morgan fingerprint density at radius 1 is 1.64 bits per heavy atom. The number of aromatic nitrogens is 1. The van der Waals surface area contributed by atoms with Crippen LogP contribution in [0.2, 0.25) is 0 Å². The molecule has 0 aromatic carbocycles. The Hall–Kier alpha value is -0.500. The lowest BCUT2D eigenvalue weighted by molar-refractivity contribution is 0.463. The summed E-state index contributed by atoms with van der Waals surface area (Å²) in [6, 6.07) is 0. The molecule has 1 aromatic rings. The van der Waals surface area contributed by atoms with Gasteiger partial charge in [-0.1, -0.05) is 0 Å². The Kier molecular flexibility index (Phi) is 3.99. The summed E-state index contributed by atoms with van der Waals surface area (Å²) in [5.74, 6) is -0.0202. The summed E-state index contributed by atoms with van der Waals surface area (Å²) in [6.07, 6.45) is 0. The number of nitrogens with zero attached hydrogens (tertiary/aromatic N) is 2. The van der Waals surface area contributed by atoms with E-state index in [4.69, 9.17) is 5.73 Å². The number of thiazole rings is 1. The van der Waals surface area contributed by atoms with Gasteiger partial charge in [-0.05, 0) is 0 Å². The van der Waals surface area contributed by atoms with Crippen LogP contribution in [0.4, 0.5) is 0 Å². The molecule has 1 rings (SSSR count). The van der Waals surface area contributed by atoms with Gasteiger partial charge in [0.05, 0.1) is 23.5 Å². The first-order chi connectivity index (χ1) is 6.56. The Bertz CT molecular complexity index is 360. The molecule has 0 bridgehead atoms. The van der Waals surface area contributed by atoms with E-state index in [1.54, 1.807) is 5.51 Å². The maximum atomic E-state index is 11.5. The first-order valence-electron chi connectivity index (χ1n) is 4.07. The maximum Gasteiger partial charge on any atom is 0.215 e. The van der Waals surface area contributed by atoms with E-state index in [1.807, 2.05) is 5.38 Å². The third-order valence-electron chi connectivity index (χ3n) is 1.72. The number of nitrogens with two attached hydrogens (primary N) is 1. The van der Waals surface area contributed by atoms with Crippen LogP contribution < -0.4 is 5.73 Å². The maximum absolute atomic E-state index is 11.5. The Morgan fingerprint density at radius 3 is 2.86 bits per heavy atom. The van der Waals surface area contributed by atoms with Gasteiger partial charge in [-0.3, -0.25) is 0 Å². The first kappa shape index (κ1) is 11.6. The number of hydrogen-bond acceptors (Lipinski definition) is 5. The Morgan fingerprint density at radius 2 is 2.36 bits per heavy atom. The summed E-state index contributed by atoms with van der Waals surface area (Å²) in [7, 11) is -1.68. The molecule has 0 aliphatic rings. The van der Waals surface area contributed by atoms with Crippen molar-refractivity contribution >= 4 is 21.4 Å². The SMILES string of the molecule is CN(Cc1cscn1)S(=O)(=O)CCN. The predicted molar refractivity (Wildman–Crippen MR) is 56.4 cm³/mol. The van der Waals surface area contributed by atoms with Gasteiger partial charge in [-0.25, -0.2) is 13.4 Å². The second-order valence-corrected chi connectivity index (χ2v) is 5.75. The summed E-state index contributed by atoms with van der Waals surface area (Å²) in [5.41, 5.74) is 7.65. The van der Waals surface area contributed by atoms with Crippen molar-refractivity contribution in [2.45, 2.75) is 6.54 Å². The summed E-state index contributed by atoms with van der Waals surface area (Å²) in [6.45, 7) is 0.454. The van der Waals surface area contributed by atoms with Crippen molar-refractivity contribution in [3.05, 3.63) is 16.6 Å². The predicted octanol–water partition coefficient (Wildman–Crippen LogP) is -0.137. The van der Waals surface area contributed by atoms with Crippen molar-refractivity contribution in [1.29, 1.82) is 0 Å². The monoisotopic (exact) mass is 235 g/mol. The van der Waals surface area contributed by atoms with Gasteiger partial charge in [0, 0.05) is 19.0 Å². The van der Waals surface area contributed by atoms with E-state index >= 15 is 0 Å². The smallest absolute Gasteiger partial charge is 0.215 e. The molecule has 14 heavy (non-hydrogen) atoms. The summed E-state index contributed by atoms with van der Waals surface area (Å²) < 4.78 is 24.2. The molecule has 5 nitrogen and oxygen atoms in total. The number of hydrogen-bond donors (Lipinski definition) is 1. The lowest BCUT2D eigenvalue weighted by atomic mass is 10.5. The van der Waals surface area contributed by atoms with Crippen molar-refractivity contribution in [2.75, 3.05) is 19.3 Å². The molecule has 0 saturated carbocycles. The number of sulfonamides is 1. The highest BCUT2D eigenvalue weighted by Crippen LogP contribution is 2.07. The largest absolute Gasteiger partial charge is 0.329 e. The van der Waals surface area contributed by atoms with Gasteiger partial charge in [0.25, 0.3) is 0 Å².